The fraction of sp³-hybridized carbons (Fsp3) is 0.250. The van der Waals surface area contributed by atoms with Gasteiger partial charge in [0.05, 0.1) is 0 Å². The van der Waals surface area contributed by atoms with Gasteiger partial charge in [-0.15, -0.1) is 0 Å². The van der Waals surface area contributed by atoms with Gasteiger partial charge >= 0.3 is 0 Å². The molecule has 0 aliphatic carbocycles. The summed E-state index contributed by atoms with van der Waals surface area (Å²) in [5.41, 5.74) is 6.18. The summed E-state index contributed by atoms with van der Waals surface area (Å²) in [5.74, 6) is 0. The molecule has 58 valence electrons. The summed E-state index contributed by atoms with van der Waals surface area (Å²) >= 11 is 0. The average molecular weight is 141 g/mol. The molecule has 4 N–H and O–H groups in total. The minimum Gasteiger partial charge on any atom is -0.412 e. The molecule has 0 atom stereocenters. The Labute approximate surface area is 62.0 Å². The summed E-state index contributed by atoms with van der Waals surface area (Å²) in [5, 5.41) is 0. The van der Waals surface area contributed by atoms with E-state index in [1.165, 1.54) is 0 Å². The molecule has 0 aromatic heterocycles. The Bertz CT molecular complexity index is 139. The zero-order valence-electron chi connectivity index (χ0n) is 6.46. The summed E-state index contributed by atoms with van der Waals surface area (Å²) in [6.07, 6.45) is 0. The molecule has 0 bridgehead atoms. The standard InChI is InChI=1S/C6H7N.C2H6.H2O/c7-6-4-2-1-3-5-6;1-2;/h1-5H,7H2;1-2H3;1H2. The molecular weight excluding hydrogens is 126 g/mol. The van der Waals surface area contributed by atoms with Gasteiger partial charge in [0.2, 0.25) is 0 Å². The first-order chi connectivity index (χ1) is 4.39. The number of nitrogen functional groups attached to an aromatic ring is 1. The lowest BCUT2D eigenvalue weighted by molar-refractivity contribution is 0.824. The van der Waals surface area contributed by atoms with Gasteiger partial charge in [-0.05, 0) is 12.1 Å². The molecule has 0 aliphatic heterocycles. The van der Waals surface area contributed by atoms with Crippen LogP contribution in [0.25, 0.3) is 0 Å². The summed E-state index contributed by atoms with van der Waals surface area (Å²) in [4.78, 5) is 0. The molecule has 0 unspecified atom stereocenters. The second-order valence-electron chi connectivity index (χ2n) is 1.41. The van der Waals surface area contributed by atoms with E-state index in [-0.39, 0.29) is 5.48 Å². The average Bonchev–Trinajstić information content (AvgIpc) is 1.94. The van der Waals surface area contributed by atoms with Gasteiger partial charge in [0.15, 0.2) is 0 Å². The lowest BCUT2D eigenvalue weighted by atomic mass is 10.3. The molecule has 0 radical (unpaired) electrons. The van der Waals surface area contributed by atoms with E-state index < -0.39 is 0 Å². The molecule has 0 amide bonds. The minimum atomic E-state index is 0. The van der Waals surface area contributed by atoms with Crippen LogP contribution >= 0.6 is 0 Å². The monoisotopic (exact) mass is 141 g/mol. The maximum absolute atomic E-state index is 5.36. The second-order valence-corrected chi connectivity index (χ2v) is 1.41. The van der Waals surface area contributed by atoms with Crippen LogP contribution in [0.5, 0.6) is 0 Å². The summed E-state index contributed by atoms with van der Waals surface area (Å²) in [7, 11) is 0. The van der Waals surface area contributed by atoms with Crippen molar-refractivity contribution < 1.29 is 5.48 Å². The minimum absolute atomic E-state index is 0. The van der Waals surface area contributed by atoms with E-state index in [0.717, 1.165) is 5.69 Å². The van der Waals surface area contributed by atoms with E-state index in [1.54, 1.807) is 0 Å². The SMILES string of the molecule is CC.Nc1ccccc1.O. The number of hydrogen-bond acceptors (Lipinski definition) is 1. The van der Waals surface area contributed by atoms with E-state index in [0.29, 0.717) is 0 Å². The molecular formula is C8H15NO. The second kappa shape index (κ2) is 7.98. The van der Waals surface area contributed by atoms with Gasteiger partial charge in [0.1, 0.15) is 0 Å². The maximum Gasteiger partial charge on any atom is 0.0313 e. The summed E-state index contributed by atoms with van der Waals surface area (Å²) < 4.78 is 0. The van der Waals surface area contributed by atoms with Crippen molar-refractivity contribution in [1.29, 1.82) is 0 Å². The van der Waals surface area contributed by atoms with Gasteiger partial charge in [-0.2, -0.15) is 0 Å². The first kappa shape index (κ1) is 11.7. The molecule has 2 heteroatoms. The number of rotatable bonds is 0. The van der Waals surface area contributed by atoms with E-state index in [4.69, 9.17) is 5.73 Å². The lowest BCUT2D eigenvalue weighted by Crippen LogP contribution is -1.79. The molecule has 10 heavy (non-hydrogen) atoms. The van der Waals surface area contributed by atoms with Crippen molar-refractivity contribution in [2.24, 2.45) is 0 Å². The van der Waals surface area contributed by atoms with Crippen LogP contribution in [0.4, 0.5) is 5.69 Å². The van der Waals surface area contributed by atoms with Crippen LogP contribution in [0.1, 0.15) is 13.8 Å². The van der Waals surface area contributed by atoms with Crippen molar-refractivity contribution in [3.8, 4) is 0 Å². The van der Waals surface area contributed by atoms with Crippen LogP contribution in [0.15, 0.2) is 30.3 Å². The third kappa shape index (κ3) is 5.12. The molecule has 1 aromatic carbocycles. The number of hydrogen-bond donors (Lipinski definition) is 1. The molecule has 0 spiro atoms. The van der Waals surface area contributed by atoms with Crippen molar-refractivity contribution in [1.82, 2.24) is 0 Å². The summed E-state index contributed by atoms with van der Waals surface area (Å²) in [6, 6.07) is 9.49. The zero-order valence-corrected chi connectivity index (χ0v) is 6.46. The number of para-hydroxylation sites is 1. The van der Waals surface area contributed by atoms with E-state index in [9.17, 15) is 0 Å². The maximum atomic E-state index is 5.36. The van der Waals surface area contributed by atoms with Crippen molar-refractivity contribution >= 4 is 5.69 Å². The van der Waals surface area contributed by atoms with Crippen LogP contribution in [-0.2, 0) is 0 Å². The Hall–Kier alpha value is -1.02. The van der Waals surface area contributed by atoms with Gasteiger partial charge in [0, 0.05) is 5.69 Å². The number of nitrogens with two attached hydrogens (primary N) is 1. The van der Waals surface area contributed by atoms with Gasteiger partial charge < -0.3 is 11.2 Å². The molecule has 2 nitrogen and oxygen atoms in total. The van der Waals surface area contributed by atoms with Crippen molar-refractivity contribution in [2.45, 2.75) is 13.8 Å². The van der Waals surface area contributed by atoms with Crippen molar-refractivity contribution in [2.75, 3.05) is 5.73 Å². The number of benzene rings is 1. The molecule has 1 aromatic rings. The third-order valence-corrected chi connectivity index (χ3v) is 0.800. The Kier molecular flexibility index (Phi) is 9.37. The van der Waals surface area contributed by atoms with Gasteiger partial charge in [0.25, 0.3) is 0 Å². The molecule has 0 aliphatic rings. The molecule has 0 fully saturated rings. The molecule has 0 saturated carbocycles. The van der Waals surface area contributed by atoms with E-state index in [1.807, 2.05) is 44.2 Å². The Morgan fingerprint density at radius 2 is 1.40 bits per heavy atom. The van der Waals surface area contributed by atoms with Crippen molar-refractivity contribution in [3.63, 3.8) is 0 Å². The van der Waals surface area contributed by atoms with E-state index >= 15 is 0 Å². The molecule has 0 saturated heterocycles. The zero-order chi connectivity index (χ0) is 7.11. The smallest absolute Gasteiger partial charge is 0.0313 e. The highest BCUT2D eigenvalue weighted by Crippen LogP contribution is 1.95. The predicted molar refractivity (Wildman–Crippen MR) is 45.8 cm³/mol. The first-order valence-electron chi connectivity index (χ1n) is 3.20. The Balaban J connectivity index is 0. The summed E-state index contributed by atoms with van der Waals surface area (Å²) in [6.45, 7) is 4.00. The highest BCUT2D eigenvalue weighted by molar-refractivity contribution is 5.35. The third-order valence-electron chi connectivity index (χ3n) is 0.800. The highest BCUT2D eigenvalue weighted by atomic mass is 16.0. The molecule has 0 heterocycles. The van der Waals surface area contributed by atoms with Crippen molar-refractivity contribution in [3.05, 3.63) is 30.3 Å². The van der Waals surface area contributed by atoms with Gasteiger partial charge in [-0.3, -0.25) is 0 Å². The Morgan fingerprint density at radius 3 is 1.60 bits per heavy atom. The van der Waals surface area contributed by atoms with Crippen LogP contribution < -0.4 is 5.73 Å². The topological polar surface area (TPSA) is 57.5 Å². The normalized spacial score (nSPS) is 6.60. The van der Waals surface area contributed by atoms with Crippen LogP contribution in [0.2, 0.25) is 0 Å². The van der Waals surface area contributed by atoms with E-state index in [2.05, 4.69) is 0 Å². The van der Waals surface area contributed by atoms with Crippen LogP contribution in [0.3, 0.4) is 0 Å². The quantitative estimate of drug-likeness (QED) is 0.546. The van der Waals surface area contributed by atoms with Gasteiger partial charge in [-0.1, -0.05) is 32.0 Å². The first-order valence-corrected chi connectivity index (χ1v) is 3.20. The fourth-order valence-electron chi connectivity index (χ4n) is 0.453. The fourth-order valence-corrected chi connectivity index (χ4v) is 0.453. The van der Waals surface area contributed by atoms with Crippen LogP contribution in [0, 0.1) is 0 Å². The largest absolute Gasteiger partial charge is 0.412 e. The van der Waals surface area contributed by atoms with Crippen LogP contribution in [-0.4, -0.2) is 5.48 Å². The highest BCUT2D eigenvalue weighted by Gasteiger charge is 1.72. The predicted octanol–water partition coefficient (Wildman–Crippen LogP) is 1.47. The van der Waals surface area contributed by atoms with Gasteiger partial charge in [-0.25, -0.2) is 0 Å². The number of anilines is 1. The lowest BCUT2D eigenvalue weighted by Gasteiger charge is -1.83. The molecule has 1 rings (SSSR count). The Morgan fingerprint density at radius 1 is 1.00 bits per heavy atom.